The molecular formula is C12H12ClN3O2. The summed E-state index contributed by atoms with van der Waals surface area (Å²) in [7, 11) is 0. The molecule has 0 spiro atoms. The van der Waals surface area contributed by atoms with Crippen LogP contribution in [-0.4, -0.2) is 22.7 Å². The molecule has 1 heterocycles. The summed E-state index contributed by atoms with van der Waals surface area (Å²) in [5, 5.41) is 9.42. The highest BCUT2D eigenvalue weighted by Gasteiger charge is 2.07. The quantitative estimate of drug-likeness (QED) is 0.892. The SMILES string of the molecule is Cc1ccc(Cl)c(OCC(=O)Nc2cn[nH]c2)c1. The summed E-state index contributed by atoms with van der Waals surface area (Å²) < 4.78 is 5.35. The smallest absolute Gasteiger partial charge is 0.262 e. The maximum atomic E-state index is 11.6. The van der Waals surface area contributed by atoms with Crippen LogP contribution in [-0.2, 0) is 4.79 Å². The molecule has 1 amide bonds. The molecule has 0 radical (unpaired) electrons. The molecule has 5 nitrogen and oxygen atoms in total. The lowest BCUT2D eigenvalue weighted by Gasteiger charge is -2.08. The summed E-state index contributed by atoms with van der Waals surface area (Å²) in [6.45, 7) is 1.82. The van der Waals surface area contributed by atoms with E-state index >= 15 is 0 Å². The van der Waals surface area contributed by atoms with Gasteiger partial charge in [-0.05, 0) is 24.6 Å². The predicted octanol–water partition coefficient (Wildman–Crippen LogP) is 2.39. The Morgan fingerprint density at radius 1 is 1.56 bits per heavy atom. The number of amides is 1. The van der Waals surface area contributed by atoms with Crippen LogP contribution in [0.1, 0.15) is 5.56 Å². The lowest BCUT2D eigenvalue weighted by molar-refractivity contribution is -0.118. The van der Waals surface area contributed by atoms with Crippen molar-refractivity contribution in [2.24, 2.45) is 0 Å². The van der Waals surface area contributed by atoms with Gasteiger partial charge in [-0.25, -0.2) is 0 Å². The van der Waals surface area contributed by atoms with Crippen molar-refractivity contribution in [3.63, 3.8) is 0 Å². The Bertz CT molecular complexity index is 540. The van der Waals surface area contributed by atoms with E-state index in [1.54, 1.807) is 18.3 Å². The van der Waals surface area contributed by atoms with E-state index in [0.29, 0.717) is 16.5 Å². The van der Waals surface area contributed by atoms with E-state index in [-0.39, 0.29) is 12.5 Å². The van der Waals surface area contributed by atoms with Gasteiger partial charge in [-0.3, -0.25) is 9.89 Å². The zero-order chi connectivity index (χ0) is 13.0. The number of carbonyl (C=O) groups is 1. The number of nitrogens with zero attached hydrogens (tertiary/aromatic N) is 1. The van der Waals surface area contributed by atoms with Crippen molar-refractivity contribution < 1.29 is 9.53 Å². The highest BCUT2D eigenvalue weighted by Crippen LogP contribution is 2.25. The summed E-state index contributed by atoms with van der Waals surface area (Å²) in [4.78, 5) is 11.6. The van der Waals surface area contributed by atoms with Crippen molar-refractivity contribution in [1.82, 2.24) is 10.2 Å². The second kappa shape index (κ2) is 5.55. The molecule has 0 unspecified atom stereocenters. The lowest BCUT2D eigenvalue weighted by Crippen LogP contribution is -2.19. The Morgan fingerprint density at radius 2 is 2.39 bits per heavy atom. The minimum Gasteiger partial charge on any atom is -0.482 e. The van der Waals surface area contributed by atoms with Crippen LogP contribution in [0.5, 0.6) is 5.75 Å². The molecule has 94 valence electrons. The maximum Gasteiger partial charge on any atom is 0.262 e. The van der Waals surface area contributed by atoms with E-state index in [1.165, 1.54) is 6.20 Å². The number of aryl methyl sites for hydroxylation is 1. The van der Waals surface area contributed by atoms with Crippen LogP contribution in [0.3, 0.4) is 0 Å². The van der Waals surface area contributed by atoms with Gasteiger partial charge in [-0.2, -0.15) is 5.10 Å². The molecule has 2 N–H and O–H groups in total. The number of carbonyl (C=O) groups excluding carboxylic acids is 1. The molecule has 1 aromatic heterocycles. The number of ether oxygens (including phenoxy) is 1. The van der Waals surface area contributed by atoms with Gasteiger partial charge in [0.25, 0.3) is 5.91 Å². The molecule has 18 heavy (non-hydrogen) atoms. The number of nitrogens with one attached hydrogen (secondary N) is 2. The van der Waals surface area contributed by atoms with Crippen molar-refractivity contribution in [1.29, 1.82) is 0 Å². The molecule has 2 aromatic rings. The Labute approximate surface area is 109 Å². The first-order valence-corrected chi connectivity index (χ1v) is 5.70. The van der Waals surface area contributed by atoms with Gasteiger partial charge >= 0.3 is 0 Å². The fourth-order valence-electron chi connectivity index (χ4n) is 1.38. The largest absolute Gasteiger partial charge is 0.482 e. The number of halogens is 1. The Morgan fingerprint density at radius 3 is 3.11 bits per heavy atom. The van der Waals surface area contributed by atoms with E-state index in [4.69, 9.17) is 16.3 Å². The number of rotatable bonds is 4. The Balaban J connectivity index is 1.91. The maximum absolute atomic E-state index is 11.6. The molecular weight excluding hydrogens is 254 g/mol. The summed E-state index contributed by atoms with van der Waals surface area (Å²) >= 11 is 5.95. The molecule has 0 aliphatic carbocycles. The van der Waals surface area contributed by atoms with E-state index < -0.39 is 0 Å². The van der Waals surface area contributed by atoms with Crippen LogP contribution >= 0.6 is 11.6 Å². The number of hydrogen-bond acceptors (Lipinski definition) is 3. The zero-order valence-corrected chi connectivity index (χ0v) is 10.5. The molecule has 0 fully saturated rings. The number of aromatic amines is 1. The first kappa shape index (κ1) is 12.4. The van der Waals surface area contributed by atoms with Crippen molar-refractivity contribution >= 4 is 23.2 Å². The molecule has 0 saturated carbocycles. The Hall–Kier alpha value is -2.01. The third-order valence-corrected chi connectivity index (χ3v) is 2.54. The molecule has 0 bridgehead atoms. The number of benzene rings is 1. The van der Waals surface area contributed by atoms with E-state index in [9.17, 15) is 4.79 Å². The summed E-state index contributed by atoms with van der Waals surface area (Å²) in [5.41, 5.74) is 1.61. The highest BCUT2D eigenvalue weighted by molar-refractivity contribution is 6.32. The Kier molecular flexibility index (Phi) is 3.84. The average Bonchev–Trinajstić information content (AvgIpc) is 2.83. The third kappa shape index (κ3) is 3.24. The zero-order valence-electron chi connectivity index (χ0n) is 9.74. The van der Waals surface area contributed by atoms with Crippen LogP contribution in [0.25, 0.3) is 0 Å². The van der Waals surface area contributed by atoms with Crippen molar-refractivity contribution in [3.8, 4) is 5.75 Å². The molecule has 2 rings (SSSR count). The second-order valence-corrected chi connectivity index (χ2v) is 4.16. The van der Waals surface area contributed by atoms with E-state index in [2.05, 4.69) is 15.5 Å². The number of anilines is 1. The van der Waals surface area contributed by atoms with Gasteiger partial charge in [0.1, 0.15) is 5.75 Å². The van der Waals surface area contributed by atoms with Gasteiger partial charge in [0, 0.05) is 6.20 Å². The third-order valence-electron chi connectivity index (χ3n) is 2.23. The van der Waals surface area contributed by atoms with Crippen LogP contribution in [0.15, 0.2) is 30.6 Å². The van der Waals surface area contributed by atoms with Crippen LogP contribution in [0, 0.1) is 6.92 Å². The molecule has 0 aliphatic rings. The number of hydrogen-bond donors (Lipinski definition) is 2. The first-order chi connectivity index (χ1) is 8.65. The van der Waals surface area contributed by atoms with Crippen molar-refractivity contribution in [2.75, 3.05) is 11.9 Å². The summed E-state index contributed by atoms with van der Waals surface area (Å²) in [6, 6.07) is 5.40. The van der Waals surface area contributed by atoms with E-state index in [0.717, 1.165) is 5.56 Å². The standard InChI is InChI=1S/C12H12ClN3O2/c1-8-2-3-10(13)11(4-8)18-7-12(17)16-9-5-14-15-6-9/h2-6H,7H2,1H3,(H,14,15)(H,16,17). The minimum absolute atomic E-state index is 0.103. The normalized spacial score (nSPS) is 10.1. The molecule has 0 atom stereocenters. The summed E-state index contributed by atoms with van der Waals surface area (Å²) in [6.07, 6.45) is 3.09. The van der Waals surface area contributed by atoms with Crippen molar-refractivity contribution in [3.05, 3.63) is 41.2 Å². The first-order valence-electron chi connectivity index (χ1n) is 5.33. The summed E-state index contributed by atoms with van der Waals surface area (Å²) in [5.74, 6) is 0.230. The van der Waals surface area contributed by atoms with Gasteiger partial charge in [0.2, 0.25) is 0 Å². The topological polar surface area (TPSA) is 67.0 Å². The highest BCUT2D eigenvalue weighted by atomic mass is 35.5. The second-order valence-electron chi connectivity index (χ2n) is 3.76. The predicted molar refractivity (Wildman–Crippen MR) is 68.9 cm³/mol. The number of aromatic nitrogens is 2. The molecule has 6 heteroatoms. The van der Waals surface area contributed by atoms with Gasteiger partial charge in [-0.1, -0.05) is 17.7 Å². The minimum atomic E-state index is -0.269. The van der Waals surface area contributed by atoms with Gasteiger partial charge in [-0.15, -0.1) is 0 Å². The molecule has 0 saturated heterocycles. The molecule has 1 aromatic carbocycles. The van der Waals surface area contributed by atoms with Gasteiger partial charge < -0.3 is 10.1 Å². The fraction of sp³-hybridized carbons (Fsp3) is 0.167. The van der Waals surface area contributed by atoms with Crippen LogP contribution in [0.2, 0.25) is 5.02 Å². The van der Waals surface area contributed by atoms with Crippen molar-refractivity contribution in [2.45, 2.75) is 6.92 Å². The monoisotopic (exact) mass is 265 g/mol. The van der Waals surface area contributed by atoms with Crippen LogP contribution < -0.4 is 10.1 Å². The van der Waals surface area contributed by atoms with Gasteiger partial charge in [0.05, 0.1) is 16.9 Å². The average molecular weight is 266 g/mol. The fourth-order valence-corrected chi connectivity index (χ4v) is 1.55. The van der Waals surface area contributed by atoms with E-state index in [1.807, 2.05) is 13.0 Å². The lowest BCUT2D eigenvalue weighted by atomic mass is 10.2. The van der Waals surface area contributed by atoms with Gasteiger partial charge in [0.15, 0.2) is 6.61 Å². The molecule has 0 aliphatic heterocycles. The number of H-pyrrole nitrogens is 1. The van der Waals surface area contributed by atoms with Crippen LogP contribution in [0.4, 0.5) is 5.69 Å².